The Morgan fingerprint density at radius 2 is 2.00 bits per heavy atom. The first-order valence-electron chi connectivity index (χ1n) is 14.2. The van der Waals surface area contributed by atoms with Gasteiger partial charge in [0.15, 0.2) is 12.2 Å². The minimum Gasteiger partial charge on any atom is -0.444 e. The summed E-state index contributed by atoms with van der Waals surface area (Å²) in [6.45, 7) is 8.87. The predicted molar refractivity (Wildman–Crippen MR) is 165 cm³/mol. The number of nitrogens with one attached hydrogen (secondary N) is 2. The molecule has 9 nitrogen and oxygen atoms in total. The van der Waals surface area contributed by atoms with Crippen molar-refractivity contribution in [3.05, 3.63) is 82.7 Å². The lowest BCUT2D eigenvalue weighted by Crippen LogP contribution is -2.26. The lowest BCUT2D eigenvalue weighted by atomic mass is 9.94. The van der Waals surface area contributed by atoms with E-state index in [0.29, 0.717) is 63.7 Å². The fourth-order valence-electron chi connectivity index (χ4n) is 5.33. The highest BCUT2D eigenvalue weighted by atomic mass is 35.5. The van der Waals surface area contributed by atoms with Crippen molar-refractivity contribution >= 4 is 33.9 Å². The number of anilines is 2. The van der Waals surface area contributed by atoms with Crippen molar-refractivity contribution in [3.63, 3.8) is 0 Å². The van der Waals surface area contributed by atoms with Gasteiger partial charge in [0.05, 0.1) is 40.2 Å². The van der Waals surface area contributed by atoms with Crippen molar-refractivity contribution in [2.75, 3.05) is 17.2 Å². The molecule has 0 amide bonds. The van der Waals surface area contributed by atoms with Gasteiger partial charge in [-0.1, -0.05) is 55.8 Å². The molecule has 1 fully saturated rings. The average molecular weight is 617 g/mol. The number of aromatic nitrogens is 5. The lowest BCUT2D eigenvalue weighted by molar-refractivity contribution is 0.0593. The standard InChI is InChI=1S/C32H31ClF2N8O/c1-18-21(26-14-37-17-44-26)6-5-7-22(18)29(25-15-43(42-41-25)32(8-9-32)30(34)35)40-20-10-23-27(39-16-31(2,3)4)19(12-36)13-38-28(23)24(33)11-20/h5-7,10-11,13-15,17,29-30,40H,8-9,16H2,1-4H3,(H,38,39). The maximum absolute atomic E-state index is 14.0. The quantitative estimate of drug-likeness (QED) is 0.173. The minimum atomic E-state index is -2.56. The molecule has 1 aliphatic rings. The molecule has 226 valence electrons. The molecule has 1 saturated carbocycles. The van der Waals surface area contributed by atoms with Gasteiger partial charge in [0.1, 0.15) is 17.3 Å². The molecule has 0 saturated heterocycles. The molecule has 6 rings (SSSR count). The molecule has 0 spiro atoms. The Morgan fingerprint density at radius 3 is 2.66 bits per heavy atom. The van der Waals surface area contributed by atoms with E-state index < -0.39 is 18.0 Å². The third-order valence-electron chi connectivity index (χ3n) is 7.97. The van der Waals surface area contributed by atoms with Crippen LogP contribution in [0.5, 0.6) is 0 Å². The number of oxazole rings is 1. The van der Waals surface area contributed by atoms with Crippen molar-refractivity contribution < 1.29 is 13.2 Å². The van der Waals surface area contributed by atoms with E-state index in [9.17, 15) is 14.0 Å². The van der Waals surface area contributed by atoms with E-state index in [4.69, 9.17) is 16.0 Å². The topological polar surface area (TPSA) is 117 Å². The number of nitriles is 1. The van der Waals surface area contributed by atoms with E-state index in [2.05, 4.69) is 57.8 Å². The number of benzene rings is 2. The Hall–Kier alpha value is -4.56. The van der Waals surface area contributed by atoms with Gasteiger partial charge >= 0.3 is 0 Å². The molecule has 1 aliphatic carbocycles. The van der Waals surface area contributed by atoms with Crippen molar-refractivity contribution in [1.82, 2.24) is 25.0 Å². The van der Waals surface area contributed by atoms with Crippen LogP contribution in [0.15, 0.2) is 59.7 Å². The second kappa shape index (κ2) is 11.2. The van der Waals surface area contributed by atoms with Gasteiger partial charge in [-0.25, -0.2) is 18.4 Å². The molecule has 5 aromatic rings. The molecule has 3 aromatic heterocycles. The monoisotopic (exact) mass is 616 g/mol. The molecule has 2 N–H and O–H groups in total. The molecule has 0 aliphatic heterocycles. The molecule has 3 heterocycles. The number of halogens is 3. The Bertz CT molecular complexity index is 1870. The van der Waals surface area contributed by atoms with Gasteiger partial charge in [-0.2, -0.15) is 5.26 Å². The highest BCUT2D eigenvalue weighted by molar-refractivity contribution is 6.35. The summed E-state index contributed by atoms with van der Waals surface area (Å²) in [5.74, 6) is 0.597. The lowest BCUT2D eigenvalue weighted by Gasteiger charge is -2.23. The van der Waals surface area contributed by atoms with Gasteiger partial charge in [0.2, 0.25) is 0 Å². The Kier molecular flexibility index (Phi) is 7.49. The van der Waals surface area contributed by atoms with Gasteiger partial charge in [-0.15, -0.1) is 5.10 Å². The van der Waals surface area contributed by atoms with Crippen LogP contribution in [0.3, 0.4) is 0 Å². The van der Waals surface area contributed by atoms with Crippen LogP contribution in [0, 0.1) is 23.7 Å². The molecular formula is C32H31ClF2N8O. The molecule has 0 bridgehead atoms. The Labute approximate surface area is 258 Å². The number of hydrogen-bond acceptors (Lipinski definition) is 8. The predicted octanol–water partition coefficient (Wildman–Crippen LogP) is 7.73. The van der Waals surface area contributed by atoms with Crippen molar-refractivity contribution in [1.29, 1.82) is 5.26 Å². The molecule has 1 unspecified atom stereocenters. The smallest absolute Gasteiger partial charge is 0.263 e. The van der Waals surface area contributed by atoms with Crippen molar-refractivity contribution in [2.45, 2.75) is 58.5 Å². The molecule has 44 heavy (non-hydrogen) atoms. The number of nitrogens with zero attached hydrogens (tertiary/aromatic N) is 6. The number of fused-ring (bicyclic) bond motifs is 1. The highest BCUT2D eigenvalue weighted by Gasteiger charge is 2.54. The van der Waals surface area contributed by atoms with Gasteiger partial charge < -0.3 is 15.1 Å². The number of hydrogen-bond donors (Lipinski definition) is 2. The van der Waals surface area contributed by atoms with Gasteiger partial charge in [-0.05, 0) is 48.4 Å². The summed E-state index contributed by atoms with van der Waals surface area (Å²) in [6.07, 6.45) is 4.23. The fourth-order valence-corrected chi connectivity index (χ4v) is 5.60. The minimum absolute atomic E-state index is 0.0535. The summed E-state index contributed by atoms with van der Waals surface area (Å²) in [4.78, 5) is 8.52. The molecule has 0 radical (unpaired) electrons. The Morgan fingerprint density at radius 1 is 1.20 bits per heavy atom. The summed E-state index contributed by atoms with van der Waals surface area (Å²) in [5, 5.41) is 26.4. The van der Waals surface area contributed by atoms with E-state index in [1.165, 1.54) is 17.3 Å². The van der Waals surface area contributed by atoms with Crippen LogP contribution in [0.4, 0.5) is 20.2 Å². The van der Waals surface area contributed by atoms with Crippen LogP contribution in [0.2, 0.25) is 5.02 Å². The van der Waals surface area contributed by atoms with E-state index in [1.54, 1.807) is 18.5 Å². The van der Waals surface area contributed by atoms with Gasteiger partial charge in [-0.3, -0.25) is 4.98 Å². The first-order chi connectivity index (χ1) is 21.0. The van der Waals surface area contributed by atoms with Crippen LogP contribution >= 0.6 is 11.6 Å². The summed E-state index contributed by atoms with van der Waals surface area (Å²) in [7, 11) is 0. The van der Waals surface area contributed by atoms with Crippen LogP contribution in [0.1, 0.15) is 62.0 Å². The van der Waals surface area contributed by atoms with E-state index in [1.807, 2.05) is 31.2 Å². The zero-order valence-electron chi connectivity index (χ0n) is 24.7. The number of pyridine rings is 1. The number of rotatable bonds is 9. The van der Waals surface area contributed by atoms with Gasteiger partial charge in [0.25, 0.3) is 6.43 Å². The van der Waals surface area contributed by atoms with Crippen LogP contribution < -0.4 is 10.6 Å². The highest BCUT2D eigenvalue weighted by Crippen LogP contribution is 2.48. The van der Waals surface area contributed by atoms with Crippen LogP contribution in [-0.4, -0.2) is 37.9 Å². The second-order valence-corrected chi connectivity index (χ2v) is 12.8. The van der Waals surface area contributed by atoms with Gasteiger partial charge in [0, 0.05) is 29.4 Å². The van der Waals surface area contributed by atoms with Crippen LogP contribution in [0.25, 0.3) is 22.2 Å². The second-order valence-electron chi connectivity index (χ2n) is 12.4. The molecule has 2 aromatic carbocycles. The third kappa shape index (κ3) is 5.46. The average Bonchev–Trinajstić information content (AvgIpc) is 3.36. The first-order valence-corrected chi connectivity index (χ1v) is 14.6. The summed E-state index contributed by atoms with van der Waals surface area (Å²) in [5.41, 5.74) is 3.83. The van der Waals surface area contributed by atoms with E-state index >= 15 is 0 Å². The third-order valence-corrected chi connectivity index (χ3v) is 8.26. The number of alkyl halides is 2. The van der Waals surface area contributed by atoms with E-state index in [0.717, 1.165) is 16.7 Å². The Balaban J connectivity index is 1.48. The molecule has 12 heteroatoms. The maximum atomic E-state index is 14.0. The SMILES string of the molecule is Cc1c(-c2cnco2)cccc1C(Nc1cc(Cl)c2ncc(C#N)c(NCC(C)(C)C)c2c1)c1cn(C2(C(F)F)CC2)nn1. The normalized spacial score (nSPS) is 14.9. The summed E-state index contributed by atoms with van der Waals surface area (Å²) in [6, 6.07) is 11.0. The summed E-state index contributed by atoms with van der Waals surface area (Å²) < 4.78 is 34.8. The van der Waals surface area contributed by atoms with E-state index in [-0.39, 0.29) is 5.41 Å². The van der Waals surface area contributed by atoms with Crippen LogP contribution in [-0.2, 0) is 5.54 Å². The van der Waals surface area contributed by atoms with Crippen molar-refractivity contribution in [2.24, 2.45) is 5.41 Å². The molecular weight excluding hydrogens is 586 g/mol. The maximum Gasteiger partial charge on any atom is 0.263 e. The molecule has 1 atom stereocenters. The summed E-state index contributed by atoms with van der Waals surface area (Å²) >= 11 is 6.78. The zero-order chi connectivity index (χ0) is 31.2. The fraction of sp³-hybridized carbons (Fsp3) is 0.344. The zero-order valence-corrected chi connectivity index (χ0v) is 25.5. The first kappa shape index (κ1) is 29.5. The largest absolute Gasteiger partial charge is 0.444 e. The van der Waals surface area contributed by atoms with Crippen molar-refractivity contribution in [3.8, 4) is 17.4 Å².